The van der Waals surface area contributed by atoms with E-state index >= 15 is 0 Å². The largest absolute Gasteiger partial charge is 0.478 e. The third-order valence-electron chi connectivity index (χ3n) is 3.79. The molecule has 1 aliphatic rings. The number of carboxylic acid groups (broad SMARTS) is 1. The van der Waals surface area contributed by atoms with Gasteiger partial charge in [-0.25, -0.2) is 13.6 Å². The Kier molecular flexibility index (Phi) is 4.12. The Morgan fingerprint density at radius 1 is 1.17 bits per heavy atom. The van der Waals surface area contributed by atoms with Crippen molar-refractivity contribution in [2.24, 2.45) is 0 Å². The molecule has 2 aromatic rings. The molecule has 0 saturated heterocycles. The van der Waals surface area contributed by atoms with Crippen molar-refractivity contribution in [1.82, 2.24) is 0 Å². The first-order valence-corrected chi connectivity index (χ1v) is 7.93. The molecule has 0 saturated carbocycles. The topological polar surface area (TPSA) is 66.4 Å². The van der Waals surface area contributed by atoms with Gasteiger partial charge in [-0.15, -0.1) is 11.3 Å². The zero-order valence-electron chi connectivity index (χ0n) is 12.0. The Morgan fingerprint density at radius 3 is 2.65 bits per heavy atom. The van der Waals surface area contributed by atoms with Gasteiger partial charge in [0.15, 0.2) is 0 Å². The number of carboxylic acids is 1. The zero-order chi connectivity index (χ0) is 16.6. The molecule has 0 fully saturated rings. The minimum absolute atomic E-state index is 0.0647. The number of thiophene rings is 1. The Bertz CT molecular complexity index is 801. The van der Waals surface area contributed by atoms with Crippen molar-refractivity contribution < 1.29 is 23.5 Å². The minimum Gasteiger partial charge on any atom is -0.478 e. The van der Waals surface area contributed by atoms with Crippen molar-refractivity contribution in [1.29, 1.82) is 0 Å². The number of anilines is 1. The molecule has 0 atom stereocenters. The first-order chi connectivity index (χ1) is 11.0. The van der Waals surface area contributed by atoms with E-state index in [1.807, 2.05) is 0 Å². The van der Waals surface area contributed by atoms with E-state index in [1.165, 1.54) is 11.3 Å². The third kappa shape index (κ3) is 2.96. The van der Waals surface area contributed by atoms with E-state index < -0.39 is 29.1 Å². The quantitative estimate of drug-likeness (QED) is 0.894. The molecule has 0 aliphatic heterocycles. The summed E-state index contributed by atoms with van der Waals surface area (Å²) in [6.45, 7) is 0. The van der Waals surface area contributed by atoms with Gasteiger partial charge in [0.05, 0.1) is 11.1 Å². The average molecular weight is 337 g/mol. The van der Waals surface area contributed by atoms with E-state index in [-0.39, 0.29) is 10.6 Å². The van der Waals surface area contributed by atoms with Gasteiger partial charge in [0.25, 0.3) is 5.91 Å². The number of benzene rings is 1. The van der Waals surface area contributed by atoms with Crippen LogP contribution in [0.3, 0.4) is 0 Å². The van der Waals surface area contributed by atoms with Gasteiger partial charge < -0.3 is 10.4 Å². The minimum atomic E-state index is -1.13. The van der Waals surface area contributed by atoms with Gasteiger partial charge >= 0.3 is 5.97 Å². The highest BCUT2D eigenvalue weighted by Crippen LogP contribution is 2.38. The van der Waals surface area contributed by atoms with Gasteiger partial charge in [-0.2, -0.15) is 0 Å². The van der Waals surface area contributed by atoms with Crippen molar-refractivity contribution in [3.05, 3.63) is 51.4 Å². The second-order valence-corrected chi connectivity index (χ2v) is 6.40. The van der Waals surface area contributed by atoms with Crippen molar-refractivity contribution in [2.45, 2.75) is 25.7 Å². The van der Waals surface area contributed by atoms with Gasteiger partial charge in [0, 0.05) is 4.88 Å². The van der Waals surface area contributed by atoms with Gasteiger partial charge in [-0.3, -0.25) is 4.79 Å². The number of nitrogens with one attached hydrogen (secondary N) is 1. The number of rotatable bonds is 3. The summed E-state index contributed by atoms with van der Waals surface area (Å²) in [6, 6.07) is 2.57. The van der Waals surface area contributed by atoms with Gasteiger partial charge in [-0.1, -0.05) is 0 Å². The Morgan fingerprint density at radius 2 is 1.91 bits per heavy atom. The van der Waals surface area contributed by atoms with Crippen molar-refractivity contribution in [3.63, 3.8) is 0 Å². The second kappa shape index (κ2) is 6.08. The molecule has 1 heterocycles. The number of halogens is 2. The molecule has 1 aliphatic carbocycles. The molecule has 0 bridgehead atoms. The van der Waals surface area contributed by atoms with E-state index in [0.717, 1.165) is 47.9 Å². The Labute approximate surface area is 134 Å². The molecule has 23 heavy (non-hydrogen) atoms. The monoisotopic (exact) mass is 337 g/mol. The highest BCUT2D eigenvalue weighted by Gasteiger charge is 2.26. The van der Waals surface area contributed by atoms with Crippen LogP contribution in [0.25, 0.3) is 0 Å². The standard InChI is InChI=1S/C16H13F2NO3S/c17-8-5-6-11(18)10(7-8)14(20)19-15-13(16(21)22)9-3-1-2-4-12(9)23-15/h5-7H,1-4H2,(H,19,20)(H,21,22). The molecule has 2 N–H and O–H groups in total. The van der Waals surface area contributed by atoms with E-state index in [4.69, 9.17) is 0 Å². The summed E-state index contributed by atoms with van der Waals surface area (Å²) in [5.41, 5.74) is 0.353. The van der Waals surface area contributed by atoms with Crippen LogP contribution in [0.2, 0.25) is 0 Å². The van der Waals surface area contributed by atoms with Crippen LogP contribution < -0.4 is 5.32 Å². The molecule has 0 unspecified atom stereocenters. The Hall–Kier alpha value is -2.28. The van der Waals surface area contributed by atoms with E-state index in [2.05, 4.69) is 5.32 Å². The molecule has 1 aromatic carbocycles. The number of amides is 1. The predicted octanol–water partition coefficient (Wildman–Crippen LogP) is 3.86. The van der Waals surface area contributed by atoms with Crippen LogP contribution in [0.15, 0.2) is 18.2 Å². The summed E-state index contributed by atoms with van der Waals surface area (Å²) >= 11 is 1.19. The zero-order valence-corrected chi connectivity index (χ0v) is 12.8. The summed E-state index contributed by atoms with van der Waals surface area (Å²) in [7, 11) is 0. The SMILES string of the molecule is O=C(Nc1sc2c(c1C(=O)O)CCCC2)c1cc(F)ccc1F. The summed E-state index contributed by atoms with van der Waals surface area (Å²) in [5, 5.41) is 12.0. The summed E-state index contributed by atoms with van der Waals surface area (Å²) in [6.07, 6.45) is 3.29. The fourth-order valence-electron chi connectivity index (χ4n) is 2.72. The van der Waals surface area contributed by atoms with Crippen LogP contribution in [0.1, 0.15) is 44.0 Å². The lowest BCUT2D eigenvalue weighted by molar-refractivity contribution is 0.0697. The second-order valence-electron chi connectivity index (χ2n) is 5.30. The van der Waals surface area contributed by atoms with E-state index in [0.29, 0.717) is 6.42 Å². The summed E-state index contributed by atoms with van der Waals surface area (Å²) in [4.78, 5) is 24.6. The van der Waals surface area contributed by atoms with Crippen LogP contribution in [0.5, 0.6) is 0 Å². The smallest absolute Gasteiger partial charge is 0.339 e. The van der Waals surface area contributed by atoms with Crippen molar-refractivity contribution >= 4 is 28.2 Å². The third-order valence-corrected chi connectivity index (χ3v) is 4.99. The molecular weight excluding hydrogens is 324 g/mol. The van der Waals surface area contributed by atoms with E-state index in [1.54, 1.807) is 0 Å². The molecule has 1 aromatic heterocycles. The number of carbonyl (C=O) groups is 2. The molecule has 3 rings (SSSR count). The van der Waals surface area contributed by atoms with Crippen LogP contribution in [0, 0.1) is 11.6 Å². The maximum Gasteiger partial charge on any atom is 0.339 e. The molecule has 1 amide bonds. The van der Waals surface area contributed by atoms with Crippen LogP contribution in [-0.4, -0.2) is 17.0 Å². The summed E-state index contributed by atoms with van der Waals surface area (Å²) in [5.74, 6) is -3.58. The number of aromatic carboxylic acids is 1. The first-order valence-electron chi connectivity index (χ1n) is 7.11. The van der Waals surface area contributed by atoms with Crippen LogP contribution in [0.4, 0.5) is 13.8 Å². The normalized spacial score (nSPS) is 13.5. The lowest BCUT2D eigenvalue weighted by Gasteiger charge is -2.10. The number of fused-ring (bicyclic) bond motifs is 1. The summed E-state index contributed by atoms with van der Waals surface area (Å²) < 4.78 is 26.9. The lowest BCUT2D eigenvalue weighted by atomic mass is 9.95. The van der Waals surface area contributed by atoms with Gasteiger partial charge in [-0.05, 0) is 49.4 Å². The lowest BCUT2D eigenvalue weighted by Crippen LogP contribution is -2.15. The molecule has 7 heteroatoms. The van der Waals surface area contributed by atoms with Crippen molar-refractivity contribution in [2.75, 3.05) is 5.32 Å². The van der Waals surface area contributed by atoms with E-state index in [9.17, 15) is 23.5 Å². The fraction of sp³-hybridized carbons (Fsp3) is 0.250. The number of hydrogen-bond donors (Lipinski definition) is 2. The highest BCUT2D eigenvalue weighted by atomic mass is 32.1. The van der Waals surface area contributed by atoms with Gasteiger partial charge in [0.1, 0.15) is 16.6 Å². The maximum absolute atomic E-state index is 13.7. The molecular formula is C16H13F2NO3S. The molecule has 4 nitrogen and oxygen atoms in total. The number of aryl methyl sites for hydroxylation is 1. The fourth-order valence-corrected chi connectivity index (χ4v) is 4.00. The first kappa shape index (κ1) is 15.6. The average Bonchev–Trinajstić information content (AvgIpc) is 2.87. The maximum atomic E-state index is 13.7. The van der Waals surface area contributed by atoms with Crippen LogP contribution >= 0.6 is 11.3 Å². The molecule has 120 valence electrons. The highest BCUT2D eigenvalue weighted by molar-refractivity contribution is 7.17. The number of hydrogen-bond acceptors (Lipinski definition) is 3. The van der Waals surface area contributed by atoms with Crippen molar-refractivity contribution in [3.8, 4) is 0 Å². The van der Waals surface area contributed by atoms with Gasteiger partial charge in [0.2, 0.25) is 0 Å². The number of carbonyl (C=O) groups excluding carboxylic acids is 1. The Balaban J connectivity index is 1.96. The molecule has 0 radical (unpaired) electrons. The molecule has 0 spiro atoms. The van der Waals surface area contributed by atoms with Crippen LogP contribution in [-0.2, 0) is 12.8 Å². The predicted molar refractivity (Wildman–Crippen MR) is 82.2 cm³/mol.